The molecule has 25 heavy (non-hydrogen) atoms. The zero-order valence-electron chi connectivity index (χ0n) is 14.6. The van der Waals surface area contributed by atoms with Gasteiger partial charge in [-0.2, -0.15) is 0 Å². The first-order valence-electron chi connectivity index (χ1n) is 8.12. The number of likely N-dealkylation sites (tertiary alicyclic amines) is 1. The molecule has 1 aromatic rings. The molecule has 0 radical (unpaired) electrons. The third-order valence-corrected chi connectivity index (χ3v) is 3.92. The van der Waals surface area contributed by atoms with Crippen molar-refractivity contribution < 1.29 is 23.8 Å². The van der Waals surface area contributed by atoms with E-state index in [9.17, 15) is 19.1 Å². The molecule has 1 aromatic carbocycles. The van der Waals surface area contributed by atoms with Crippen LogP contribution < -0.4 is 11.1 Å². The fraction of sp³-hybridized carbons (Fsp3) is 0.529. The van der Waals surface area contributed by atoms with Crippen LogP contribution in [0.5, 0.6) is 0 Å². The first-order valence-corrected chi connectivity index (χ1v) is 8.12. The number of rotatable bonds is 4. The molecule has 1 aliphatic rings. The van der Waals surface area contributed by atoms with Gasteiger partial charge in [0.1, 0.15) is 11.6 Å². The monoisotopic (exact) mass is 353 g/mol. The van der Waals surface area contributed by atoms with Crippen molar-refractivity contribution in [2.24, 2.45) is 0 Å². The summed E-state index contributed by atoms with van der Waals surface area (Å²) in [6.45, 7) is 5.89. The van der Waals surface area contributed by atoms with E-state index in [0.717, 1.165) is 6.42 Å². The molecule has 0 aromatic heterocycles. The molecule has 7 nitrogen and oxygen atoms in total. The van der Waals surface area contributed by atoms with Crippen LogP contribution in [-0.4, -0.2) is 40.3 Å². The summed E-state index contributed by atoms with van der Waals surface area (Å²) in [6, 6.07) is 2.37. The van der Waals surface area contributed by atoms with Gasteiger partial charge in [0.05, 0.1) is 11.4 Å². The average Bonchev–Trinajstić information content (AvgIpc) is 2.93. The molecule has 1 saturated heterocycles. The number of carboxylic acids is 1. The van der Waals surface area contributed by atoms with Crippen molar-refractivity contribution in [1.82, 2.24) is 4.90 Å². The standard InChI is InChI=1S/C17H24FN3O4/c1-17(2,3)25-16(24)20-11-7-6-10(13(18)14(11)19)9-21-8-4-5-12(21)15(22)23/h6-7,12H,4-5,8-9,19H2,1-3H3,(H,20,24)(H,22,23)/t12-/m1/s1. The van der Waals surface area contributed by atoms with Crippen LogP contribution in [0.15, 0.2) is 12.1 Å². The lowest BCUT2D eigenvalue weighted by atomic mass is 10.1. The summed E-state index contributed by atoms with van der Waals surface area (Å²) in [5.74, 6) is -1.57. The van der Waals surface area contributed by atoms with Crippen molar-refractivity contribution in [3.8, 4) is 0 Å². The van der Waals surface area contributed by atoms with E-state index in [1.807, 2.05) is 0 Å². The first kappa shape index (κ1) is 19.0. The summed E-state index contributed by atoms with van der Waals surface area (Å²) >= 11 is 0. The maximum atomic E-state index is 14.5. The predicted molar refractivity (Wildman–Crippen MR) is 91.7 cm³/mol. The van der Waals surface area contributed by atoms with Crippen molar-refractivity contribution in [3.05, 3.63) is 23.5 Å². The Balaban J connectivity index is 2.12. The minimum Gasteiger partial charge on any atom is -0.480 e. The predicted octanol–water partition coefficient (Wildman–Crippen LogP) is 2.80. The number of nitrogens with two attached hydrogens (primary N) is 1. The number of nitrogen functional groups attached to an aromatic ring is 1. The molecule has 1 fully saturated rings. The molecule has 0 spiro atoms. The van der Waals surface area contributed by atoms with Gasteiger partial charge in [-0.3, -0.25) is 15.0 Å². The molecule has 0 unspecified atom stereocenters. The molecule has 0 aliphatic carbocycles. The molecule has 0 bridgehead atoms. The number of nitrogens with one attached hydrogen (secondary N) is 1. The maximum Gasteiger partial charge on any atom is 0.412 e. The Kier molecular flexibility index (Phi) is 5.52. The van der Waals surface area contributed by atoms with Gasteiger partial charge >= 0.3 is 12.1 Å². The Bertz CT molecular complexity index is 673. The quantitative estimate of drug-likeness (QED) is 0.719. The number of nitrogens with zero attached hydrogens (tertiary/aromatic N) is 1. The third kappa shape index (κ3) is 4.82. The van der Waals surface area contributed by atoms with E-state index in [0.29, 0.717) is 18.5 Å². The number of ether oxygens (including phenoxy) is 1. The highest BCUT2D eigenvalue weighted by Crippen LogP contribution is 2.28. The van der Waals surface area contributed by atoms with Gasteiger partial charge in [0.2, 0.25) is 0 Å². The SMILES string of the molecule is CC(C)(C)OC(=O)Nc1ccc(CN2CCC[C@@H]2C(=O)O)c(F)c1N. The second-order valence-electron chi connectivity index (χ2n) is 7.09. The molecule has 8 heteroatoms. The number of aliphatic carboxylic acids is 1. The average molecular weight is 353 g/mol. The Morgan fingerprint density at radius 3 is 2.72 bits per heavy atom. The summed E-state index contributed by atoms with van der Waals surface area (Å²) < 4.78 is 19.7. The third-order valence-electron chi connectivity index (χ3n) is 3.92. The smallest absolute Gasteiger partial charge is 0.412 e. The number of anilines is 2. The summed E-state index contributed by atoms with van der Waals surface area (Å²) in [5, 5.41) is 11.6. The minimum absolute atomic E-state index is 0.117. The van der Waals surface area contributed by atoms with Crippen LogP contribution in [0.2, 0.25) is 0 Å². The van der Waals surface area contributed by atoms with E-state index >= 15 is 0 Å². The lowest BCUT2D eigenvalue weighted by molar-refractivity contribution is -0.142. The molecular formula is C17H24FN3O4. The highest BCUT2D eigenvalue weighted by Gasteiger charge is 2.31. The lowest BCUT2D eigenvalue weighted by Gasteiger charge is -2.22. The number of carboxylic acid groups (broad SMARTS) is 1. The van der Waals surface area contributed by atoms with Crippen LogP contribution in [0.25, 0.3) is 0 Å². The summed E-state index contributed by atoms with van der Waals surface area (Å²) in [5.41, 5.74) is 5.31. The highest BCUT2D eigenvalue weighted by molar-refractivity contribution is 5.89. The normalized spacial score (nSPS) is 18.2. The van der Waals surface area contributed by atoms with E-state index in [2.05, 4.69) is 5.32 Å². The van der Waals surface area contributed by atoms with Crippen molar-refractivity contribution in [3.63, 3.8) is 0 Å². The molecule has 1 atom stereocenters. The van der Waals surface area contributed by atoms with Crippen LogP contribution in [0.3, 0.4) is 0 Å². The van der Waals surface area contributed by atoms with Crippen LogP contribution >= 0.6 is 0 Å². The molecule has 1 aliphatic heterocycles. The van der Waals surface area contributed by atoms with Crippen molar-refractivity contribution in [1.29, 1.82) is 0 Å². The molecule has 1 amide bonds. The number of halogens is 1. The Hall–Kier alpha value is -2.35. The maximum absolute atomic E-state index is 14.5. The molecular weight excluding hydrogens is 329 g/mol. The minimum atomic E-state index is -0.908. The zero-order valence-corrected chi connectivity index (χ0v) is 14.6. The number of benzene rings is 1. The van der Waals surface area contributed by atoms with Crippen LogP contribution in [0, 0.1) is 5.82 Å². The number of hydrogen-bond acceptors (Lipinski definition) is 5. The van der Waals surface area contributed by atoms with Crippen molar-refractivity contribution in [2.75, 3.05) is 17.6 Å². The van der Waals surface area contributed by atoms with Gasteiger partial charge in [-0.1, -0.05) is 6.07 Å². The van der Waals surface area contributed by atoms with Gasteiger partial charge in [-0.05, 0) is 46.2 Å². The first-order chi connectivity index (χ1) is 11.6. The zero-order chi connectivity index (χ0) is 18.8. The second kappa shape index (κ2) is 7.26. The van der Waals surface area contributed by atoms with Gasteiger partial charge < -0.3 is 15.6 Å². The second-order valence-corrected chi connectivity index (χ2v) is 7.09. The largest absolute Gasteiger partial charge is 0.480 e. The Morgan fingerprint density at radius 1 is 1.44 bits per heavy atom. The lowest BCUT2D eigenvalue weighted by Crippen LogP contribution is -2.35. The fourth-order valence-electron chi connectivity index (χ4n) is 2.80. The molecule has 4 N–H and O–H groups in total. The van der Waals surface area contributed by atoms with Gasteiger partial charge in [0.15, 0.2) is 5.82 Å². The Labute approximate surface area is 145 Å². The number of amides is 1. The van der Waals surface area contributed by atoms with Gasteiger partial charge in [0, 0.05) is 12.1 Å². The number of carbonyl (C=O) groups excluding carboxylic acids is 1. The van der Waals surface area contributed by atoms with Gasteiger partial charge in [-0.25, -0.2) is 9.18 Å². The van der Waals surface area contributed by atoms with Gasteiger partial charge in [0.25, 0.3) is 0 Å². The van der Waals surface area contributed by atoms with Crippen LogP contribution in [-0.2, 0) is 16.1 Å². The van der Waals surface area contributed by atoms with Crippen LogP contribution in [0.1, 0.15) is 39.2 Å². The summed E-state index contributed by atoms with van der Waals surface area (Å²) in [4.78, 5) is 24.7. The number of hydrogen-bond donors (Lipinski definition) is 3. The van der Waals surface area contributed by atoms with E-state index in [4.69, 9.17) is 10.5 Å². The summed E-state index contributed by atoms with van der Waals surface area (Å²) in [7, 11) is 0. The van der Waals surface area contributed by atoms with Gasteiger partial charge in [-0.15, -0.1) is 0 Å². The van der Waals surface area contributed by atoms with Crippen molar-refractivity contribution >= 4 is 23.4 Å². The Morgan fingerprint density at radius 2 is 2.12 bits per heavy atom. The highest BCUT2D eigenvalue weighted by atomic mass is 19.1. The van der Waals surface area contributed by atoms with Crippen LogP contribution in [0.4, 0.5) is 20.6 Å². The van der Waals surface area contributed by atoms with E-state index < -0.39 is 29.5 Å². The molecule has 138 valence electrons. The fourth-order valence-corrected chi connectivity index (χ4v) is 2.80. The molecule has 2 rings (SSSR count). The topological polar surface area (TPSA) is 105 Å². The summed E-state index contributed by atoms with van der Waals surface area (Å²) in [6.07, 6.45) is 0.577. The van der Waals surface area contributed by atoms with E-state index in [-0.39, 0.29) is 17.9 Å². The van der Waals surface area contributed by atoms with E-state index in [1.54, 1.807) is 25.7 Å². The van der Waals surface area contributed by atoms with E-state index in [1.165, 1.54) is 12.1 Å². The molecule has 0 saturated carbocycles. The van der Waals surface area contributed by atoms with Crippen molar-refractivity contribution in [2.45, 2.75) is 51.8 Å². The number of carbonyl (C=O) groups is 2. The molecule has 1 heterocycles.